The summed E-state index contributed by atoms with van der Waals surface area (Å²) in [7, 11) is -3.83. The molecule has 0 unspecified atom stereocenters. The van der Waals surface area contributed by atoms with Gasteiger partial charge in [0, 0.05) is 4.88 Å². The van der Waals surface area contributed by atoms with Crippen LogP contribution in [0.5, 0.6) is 0 Å². The molecule has 0 amide bonds. The van der Waals surface area contributed by atoms with Gasteiger partial charge in [-0.05, 0) is 25.3 Å². The number of phosphoric acid groups is 1. The van der Waals surface area contributed by atoms with Crippen LogP contribution in [-0.4, -0.2) is 13.2 Å². The molecule has 0 aliphatic carbocycles. The lowest BCUT2D eigenvalue weighted by molar-refractivity contribution is -0.279. The van der Waals surface area contributed by atoms with Crippen LogP contribution in [0.3, 0.4) is 0 Å². The molecule has 0 atom stereocenters. The van der Waals surface area contributed by atoms with Crippen LogP contribution in [0.1, 0.15) is 18.7 Å². The van der Waals surface area contributed by atoms with Gasteiger partial charge in [-0.1, -0.05) is 6.07 Å². The molecule has 0 saturated carbocycles. The Morgan fingerprint density at radius 2 is 1.88 bits per heavy atom. The highest BCUT2D eigenvalue weighted by Crippen LogP contribution is 2.50. The molecule has 0 bridgehead atoms. The molecular weight excluding hydrogens is 267 g/mol. The van der Waals surface area contributed by atoms with E-state index in [9.17, 15) is 4.57 Å². The second-order valence-electron chi connectivity index (χ2n) is 2.76. The van der Waals surface area contributed by atoms with E-state index in [4.69, 9.17) is 4.52 Å². The van der Waals surface area contributed by atoms with Crippen LogP contribution in [0.2, 0.25) is 0 Å². The quantitative estimate of drug-likeness (QED) is 0.393. The van der Waals surface area contributed by atoms with Gasteiger partial charge in [-0.2, -0.15) is 0 Å². The topological polar surface area (TPSA) is 63.2 Å². The second-order valence-corrected chi connectivity index (χ2v) is 5.25. The van der Waals surface area contributed by atoms with Crippen molar-refractivity contribution in [2.45, 2.75) is 20.5 Å². The molecule has 0 saturated heterocycles. The number of hydrogen-bond acceptors (Lipinski definition) is 7. The Kier molecular flexibility index (Phi) is 6.91. The van der Waals surface area contributed by atoms with Crippen LogP contribution in [0.25, 0.3) is 0 Å². The molecule has 8 heteroatoms. The van der Waals surface area contributed by atoms with Gasteiger partial charge in [-0.25, -0.2) is 14.3 Å². The minimum Gasteiger partial charge on any atom is -0.278 e. The maximum absolute atomic E-state index is 11.9. The Morgan fingerprint density at radius 1 is 1.24 bits per heavy atom. The zero-order valence-electron chi connectivity index (χ0n) is 9.66. The summed E-state index contributed by atoms with van der Waals surface area (Å²) in [5, 5.41) is 1.89. The van der Waals surface area contributed by atoms with E-state index in [1.807, 2.05) is 17.5 Å². The zero-order chi connectivity index (χ0) is 12.6. The van der Waals surface area contributed by atoms with Crippen molar-refractivity contribution < 1.29 is 28.2 Å². The van der Waals surface area contributed by atoms with Gasteiger partial charge >= 0.3 is 7.82 Å². The van der Waals surface area contributed by atoms with Crippen molar-refractivity contribution >= 4 is 19.2 Å². The molecule has 98 valence electrons. The van der Waals surface area contributed by atoms with Crippen molar-refractivity contribution in [2.24, 2.45) is 0 Å². The lowest BCUT2D eigenvalue weighted by Crippen LogP contribution is -2.02. The first-order valence-electron chi connectivity index (χ1n) is 5.09. The molecule has 1 heterocycles. The van der Waals surface area contributed by atoms with Crippen molar-refractivity contribution in [1.82, 2.24) is 0 Å². The van der Waals surface area contributed by atoms with Gasteiger partial charge in [0.25, 0.3) is 0 Å². The van der Waals surface area contributed by atoms with Gasteiger partial charge in [-0.3, -0.25) is 4.52 Å². The van der Waals surface area contributed by atoms with Crippen LogP contribution in [0.15, 0.2) is 17.5 Å². The van der Waals surface area contributed by atoms with Gasteiger partial charge in [0.1, 0.15) is 0 Å². The maximum atomic E-state index is 11.9. The molecule has 0 aromatic carbocycles. The monoisotopic (exact) mass is 282 g/mol. The van der Waals surface area contributed by atoms with Crippen LogP contribution >= 0.6 is 19.2 Å². The lowest BCUT2D eigenvalue weighted by atomic mass is 10.5. The normalized spacial score (nSPS) is 11.9. The Hall–Kier alpha value is -0.270. The first-order chi connectivity index (χ1) is 8.20. The van der Waals surface area contributed by atoms with Crippen molar-refractivity contribution in [3.05, 3.63) is 22.4 Å². The summed E-state index contributed by atoms with van der Waals surface area (Å²) in [5.41, 5.74) is 0. The van der Waals surface area contributed by atoms with Crippen LogP contribution in [0, 0.1) is 0 Å². The average molecular weight is 282 g/mol. The largest absolute Gasteiger partial charge is 0.529 e. The molecule has 1 rings (SSSR count). The highest BCUT2D eigenvalue weighted by Gasteiger charge is 2.30. The van der Waals surface area contributed by atoms with E-state index < -0.39 is 7.82 Å². The Morgan fingerprint density at radius 3 is 2.35 bits per heavy atom. The van der Waals surface area contributed by atoms with E-state index in [1.165, 1.54) is 11.3 Å². The van der Waals surface area contributed by atoms with Gasteiger partial charge in [-0.15, -0.1) is 20.7 Å². The number of thiophene rings is 1. The Labute approximate surface area is 104 Å². The SMILES string of the molecule is CCOOP(=O)(OCc1cccs1)OOCC. The van der Waals surface area contributed by atoms with Crippen molar-refractivity contribution in [3.63, 3.8) is 0 Å². The first-order valence-corrected chi connectivity index (χ1v) is 7.43. The van der Waals surface area contributed by atoms with E-state index in [0.717, 1.165) is 4.88 Å². The molecule has 0 radical (unpaired) electrons. The van der Waals surface area contributed by atoms with Gasteiger partial charge in [0.15, 0.2) is 0 Å². The standard InChI is InChI=1S/C9H15O6PS/c1-3-11-14-16(10,15-12-4-2)13-8-9-6-5-7-17-9/h5-7H,3-4,8H2,1-2H3. The number of rotatable bonds is 9. The molecule has 17 heavy (non-hydrogen) atoms. The third kappa shape index (κ3) is 5.74. The molecule has 1 aromatic heterocycles. The predicted octanol–water partition coefficient (Wildman–Crippen LogP) is 3.31. The van der Waals surface area contributed by atoms with Crippen LogP contribution in [0.4, 0.5) is 0 Å². The molecule has 0 fully saturated rings. The van der Waals surface area contributed by atoms with Gasteiger partial charge in [0.2, 0.25) is 0 Å². The van der Waals surface area contributed by atoms with E-state index in [2.05, 4.69) is 19.1 Å². The summed E-state index contributed by atoms with van der Waals surface area (Å²) in [4.78, 5) is 10.0. The van der Waals surface area contributed by atoms with Crippen molar-refractivity contribution in [2.75, 3.05) is 13.2 Å². The number of hydrogen-bond donors (Lipinski definition) is 0. The molecule has 0 aliphatic heterocycles. The first kappa shape index (κ1) is 14.8. The third-order valence-electron chi connectivity index (χ3n) is 1.47. The van der Waals surface area contributed by atoms with Crippen LogP contribution in [-0.2, 0) is 34.8 Å². The van der Waals surface area contributed by atoms with E-state index >= 15 is 0 Å². The average Bonchev–Trinajstić information content (AvgIpc) is 2.85. The minimum absolute atomic E-state index is 0.106. The predicted molar refractivity (Wildman–Crippen MR) is 62.1 cm³/mol. The minimum atomic E-state index is -3.83. The molecule has 0 spiro atoms. The van der Waals surface area contributed by atoms with E-state index in [1.54, 1.807) is 13.8 Å². The lowest BCUT2D eigenvalue weighted by Gasteiger charge is -2.14. The molecule has 0 N–H and O–H groups in total. The molecule has 1 aromatic rings. The summed E-state index contributed by atoms with van der Waals surface area (Å²) in [6.45, 7) is 3.92. The molecule has 6 nitrogen and oxygen atoms in total. The van der Waals surface area contributed by atoms with Crippen molar-refractivity contribution in [3.8, 4) is 0 Å². The Balaban J connectivity index is 2.47. The third-order valence-corrected chi connectivity index (χ3v) is 3.34. The van der Waals surface area contributed by atoms with Gasteiger partial charge in [0.05, 0.1) is 19.8 Å². The summed E-state index contributed by atoms with van der Waals surface area (Å²) in [6.07, 6.45) is 0. The van der Waals surface area contributed by atoms with E-state index in [-0.39, 0.29) is 19.8 Å². The van der Waals surface area contributed by atoms with E-state index in [0.29, 0.717) is 0 Å². The smallest absolute Gasteiger partial charge is 0.278 e. The fourth-order valence-electron chi connectivity index (χ4n) is 0.827. The summed E-state index contributed by atoms with van der Waals surface area (Å²) < 4.78 is 26.1. The highest BCUT2D eigenvalue weighted by atomic mass is 32.1. The van der Waals surface area contributed by atoms with Crippen molar-refractivity contribution in [1.29, 1.82) is 0 Å². The molecule has 0 aliphatic rings. The summed E-state index contributed by atoms with van der Waals surface area (Å²) >= 11 is 1.47. The summed E-state index contributed by atoms with van der Waals surface area (Å²) in [5.74, 6) is 0. The molecular formula is C9H15O6PS. The maximum Gasteiger partial charge on any atom is 0.529 e. The summed E-state index contributed by atoms with van der Waals surface area (Å²) in [6, 6.07) is 3.71. The van der Waals surface area contributed by atoms with Crippen LogP contribution < -0.4 is 0 Å². The Bertz CT molecular complexity index is 329. The zero-order valence-corrected chi connectivity index (χ0v) is 11.4. The highest BCUT2D eigenvalue weighted by molar-refractivity contribution is 7.48. The second kappa shape index (κ2) is 7.94. The van der Waals surface area contributed by atoms with Gasteiger partial charge < -0.3 is 0 Å². The fourth-order valence-corrected chi connectivity index (χ4v) is 2.41. The fraction of sp³-hybridized carbons (Fsp3) is 0.556.